The first-order valence-corrected chi connectivity index (χ1v) is 10.2. The predicted octanol–water partition coefficient (Wildman–Crippen LogP) is 4.08. The van der Waals surface area contributed by atoms with Crippen molar-refractivity contribution < 1.29 is 9.59 Å². The molecular formula is C24H26N4O2. The fourth-order valence-electron chi connectivity index (χ4n) is 3.44. The number of carbonyl (C=O) groups is 2. The Kier molecular flexibility index (Phi) is 5.40. The fraction of sp³-hybridized carbons (Fsp3) is 0.292. The molecule has 0 spiro atoms. The number of para-hydroxylation sites is 1. The van der Waals surface area contributed by atoms with Crippen molar-refractivity contribution in [3.05, 3.63) is 77.1 Å². The molecule has 0 saturated heterocycles. The number of hydrogen-bond acceptors (Lipinski definition) is 3. The Morgan fingerprint density at radius 2 is 1.83 bits per heavy atom. The zero-order valence-electron chi connectivity index (χ0n) is 17.6. The van der Waals surface area contributed by atoms with Crippen LogP contribution < -0.4 is 5.32 Å². The highest BCUT2D eigenvalue weighted by atomic mass is 16.2. The van der Waals surface area contributed by atoms with Crippen molar-refractivity contribution in [1.29, 1.82) is 0 Å². The Bertz CT molecular complexity index is 1080. The van der Waals surface area contributed by atoms with Crippen LogP contribution in [0.3, 0.4) is 0 Å². The minimum Gasteiger partial charge on any atom is -0.331 e. The topological polar surface area (TPSA) is 67.2 Å². The lowest BCUT2D eigenvalue weighted by atomic mass is 10.1. The first-order valence-electron chi connectivity index (χ1n) is 10.2. The third-order valence-electron chi connectivity index (χ3n) is 5.34. The van der Waals surface area contributed by atoms with E-state index in [1.807, 2.05) is 68.4 Å². The normalized spacial score (nSPS) is 13.2. The molecule has 3 aromatic rings. The molecule has 2 aromatic carbocycles. The van der Waals surface area contributed by atoms with E-state index in [0.29, 0.717) is 11.6 Å². The second kappa shape index (κ2) is 8.14. The fourth-order valence-corrected chi connectivity index (χ4v) is 3.44. The van der Waals surface area contributed by atoms with Gasteiger partial charge in [0.1, 0.15) is 5.69 Å². The lowest BCUT2D eigenvalue weighted by Crippen LogP contribution is -2.36. The largest absolute Gasteiger partial charge is 0.331 e. The Hall–Kier alpha value is -3.41. The Labute approximate surface area is 176 Å². The number of anilines is 1. The zero-order valence-corrected chi connectivity index (χ0v) is 17.6. The summed E-state index contributed by atoms with van der Waals surface area (Å²) in [5, 5.41) is 7.60. The van der Waals surface area contributed by atoms with E-state index in [1.54, 1.807) is 11.7 Å². The van der Waals surface area contributed by atoms with Gasteiger partial charge in [-0.15, -0.1) is 0 Å². The summed E-state index contributed by atoms with van der Waals surface area (Å²) in [6, 6.07) is 17.4. The minimum absolute atomic E-state index is 0.0368. The highest BCUT2D eigenvalue weighted by Gasteiger charge is 2.30. The summed E-state index contributed by atoms with van der Waals surface area (Å²) in [5.41, 5.74) is 5.08. The van der Waals surface area contributed by atoms with Gasteiger partial charge >= 0.3 is 0 Å². The molecule has 0 unspecified atom stereocenters. The second-order valence-electron chi connectivity index (χ2n) is 8.00. The Morgan fingerprint density at radius 1 is 1.10 bits per heavy atom. The maximum Gasteiger partial charge on any atom is 0.272 e. The van der Waals surface area contributed by atoms with Gasteiger partial charge < -0.3 is 10.2 Å². The molecule has 154 valence electrons. The molecule has 0 radical (unpaired) electrons. The van der Waals surface area contributed by atoms with Gasteiger partial charge in [-0.25, -0.2) is 4.68 Å². The smallest absolute Gasteiger partial charge is 0.272 e. The number of amides is 2. The van der Waals surface area contributed by atoms with E-state index in [-0.39, 0.29) is 18.4 Å². The van der Waals surface area contributed by atoms with Crippen LogP contribution in [0.25, 0.3) is 5.69 Å². The molecule has 1 aliphatic carbocycles. The molecule has 2 amide bonds. The highest BCUT2D eigenvalue weighted by molar-refractivity contribution is 5.99. The van der Waals surface area contributed by atoms with Crippen molar-refractivity contribution in [2.45, 2.75) is 32.6 Å². The van der Waals surface area contributed by atoms with Crippen molar-refractivity contribution in [1.82, 2.24) is 14.7 Å². The van der Waals surface area contributed by atoms with Gasteiger partial charge in [0.05, 0.1) is 17.9 Å². The van der Waals surface area contributed by atoms with Crippen LogP contribution in [0.2, 0.25) is 0 Å². The molecule has 6 heteroatoms. The maximum atomic E-state index is 13.2. The summed E-state index contributed by atoms with van der Waals surface area (Å²) in [7, 11) is 1.64. The van der Waals surface area contributed by atoms with E-state index >= 15 is 0 Å². The summed E-state index contributed by atoms with van der Waals surface area (Å²) in [6.45, 7) is 3.89. The van der Waals surface area contributed by atoms with Gasteiger partial charge in [0, 0.05) is 18.7 Å². The number of benzene rings is 2. The second-order valence-corrected chi connectivity index (χ2v) is 8.00. The number of aromatic nitrogens is 2. The van der Waals surface area contributed by atoms with Gasteiger partial charge in [-0.1, -0.05) is 30.3 Å². The molecule has 1 aliphatic rings. The molecule has 30 heavy (non-hydrogen) atoms. The molecule has 1 N–H and O–H groups in total. The lowest BCUT2D eigenvalue weighted by Gasteiger charge is -2.18. The van der Waals surface area contributed by atoms with E-state index in [9.17, 15) is 9.59 Å². The Morgan fingerprint density at radius 3 is 2.53 bits per heavy atom. The molecule has 1 aromatic heterocycles. The molecule has 1 heterocycles. The van der Waals surface area contributed by atoms with Crippen molar-refractivity contribution in [3.8, 4) is 5.69 Å². The molecule has 0 bridgehead atoms. The number of nitrogens with zero attached hydrogens (tertiary/aromatic N) is 3. The van der Waals surface area contributed by atoms with Crippen LogP contribution in [0.5, 0.6) is 0 Å². The average molecular weight is 402 g/mol. The number of nitrogens with one attached hydrogen (secondary N) is 1. The first-order chi connectivity index (χ1) is 14.4. The highest BCUT2D eigenvalue weighted by Crippen LogP contribution is 2.39. The molecule has 1 saturated carbocycles. The molecule has 6 nitrogen and oxygen atoms in total. The van der Waals surface area contributed by atoms with E-state index in [0.717, 1.165) is 41.0 Å². The SMILES string of the molecule is Cc1ccc(C)c(NC(=O)CN(C)C(=O)c2cc(C3CC3)nn2-c2ccccc2)c1. The van der Waals surface area contributed by atoms with Gasteiger partial charge in [-0.3, -0.25) is 9.59 Å². The number of likely N-dealkylation sites (N-methyl/N-ethyl adjacent to an activating group) is 1. The summed E-state index contributed by atoms with van der Waals surface area (Å²) >= 11 is 0. The zero-order chi connectivity index (χ0) is 21.3. The molecule has 0 atom stereocenters. The van der Waals surface area contributed by atoms with Gasteiger partial charge in [0.15, 0.2) is 0 Å². The third-order valence-corrected chi connectivity index (χ3v) is 5.34. The summed E-state index contributed by atoms with van der Waals surface area (Å²) in [6.07, 6.45) is 2.21. The average Bonchev–Trinajstić information content (AvgIpc) is 3.49. The summed E-state index contributed by atoms with van der Waals surface area (Å²) in [5.74, 6) is -0.0264. The van der Waals surface area contributed by atoms with Crippen molar-refractivity contribution in [2.24, 2.45) is 0 Å². The van der Waals surface area contributed by atoms with Crippen LogP contribution in [-0.2, 0) is 4.79 Å². The van der Waals surface area contributed by atoms with E-state index in [4.69, 9.17) is 0 Å². The number of carbonyl (C=O) groups excluding carboxylic acids is 2. The Balaban J connectivity index is 1.52. The van der Waals surface area contributed by atoms with Gasteiger partial charge in [0.2, 0.25) is 5.91 Å². The van der Waals surface area contributed by atoms with E-state index in [2.05, 4.69) is 10.4 Å². The summed E-state index contributed by atoms with van der Waals surface area (Å²) in [4.78, 5) is 27.2. The van der Waals surface area contributed by atoms with Gasteiger partial charge in [-0.2, -0.15) is 5.10 Å². The van der Waals surface area contributed by atoms with Gasteiger partial charge in [0.25, 0.3) is 5.91 Å². The van der Waals surface area contributed by atoms with E-state index < -0.39 is 0 Å². The van der Waals surface area contributed by atoms with Crippen LogP contribution in [0, 0.1) is 13.8 Å². The predicted molar refractivity (Wildman–Crippen MR) is 117 cm³/mol. The monoisotopic (exact) mass is 402 g/mol. The molecule has 0 aliphatic heterocycles. The number of hydrogen-bond donors (Lipinski definition) is 1. The van der Waals surface area contributed by atoms with Gasteiger partial charge in [-0.05, 0) is 62.1 Å². The third kappa shape index (κ3) is 4.27. The van der Waals surface area contributed by atoms with Crippen LogP contribution in [0.15, 0.2) is 54.6 Å². The van der Waals surface area contributed by atoms with Crippen molar-refractivity contribution in [3.63, 3.8) is 0 Å². The number of rotatable bonds is 6. The van der Waals surface area contributed by atoms with Crippen LogP contribution in [-0.4, -0.2) is 40.1 Å². The molecule has 4 rings (SSSR count). The molecule has 1 fully saturated rings. The van der Waals surface area contributed by atoms with Crippen LogP contribution in [0.4, 0.5) is 5.69 Å². The maximum absolute atomic E-state index is 13.2. The lowest BCUT2D eigenvalue weighted by molar-refractivity contribution is -0.116. The van der Waals surface area contributed by atoms with Crippen molar-refractivity contribution in [2.75, 3.05) is 18.9 Å². The molecular weight excluding hydrogens is 376 g/mol. The minimum atomic E-state index is -0.229. The standard InChI is InChI=1S/C24H26N4O2/c1-16-9-10-17(2)20(13-16)25-23(29)15-27(3)24(30)22-14-21(18-11-12-18)26-28(22)19-7-5-4-6-8-19/h4-10,13-14,18H,11-12,15H2,1-3H3,(H,25,29). The number of aryl methyl sites for hydroxylation is 2. The van der Waals surface area contributed by atoms with Crippen LogP contribution >= 0.6 is 0 Å². The van der Waals surface area contributed by atoms with Crippen molar-refractivity contribution >= 4 is 17.5 Å². The van der Waals surface area contributed by atoms with Crippen LogP contribution in [0.1, 0.15) is 46.1 Å². The summed E-state index contributed by atoms with van der Waals surface area (Å²) < 4.78 is 1.69. The van der Waals surface area contributed by atoms with E-state index in [1.165, 1.54) is 4.90 Å². The quantitative estimate of drug-likeness (QED) is 0.676. The first kappa shape index (κ1) is 19.9.